The fourth-order valence-electron chi connectivity index (χ4n) is 1.99. The summed E-state index contributed by atoms with van der Waals surface area (Å²) in [4.78, 5) is 2.45. The number of ether oxygens (including phenoxy) is 1. The molecule has 0 radical (unpaired) electrons. The minimum atomic E-state index is 0.591. The molecule has 0 amide bonds. The topological polar surface area (TPSA) is 56.3 Å². The van der Waals surface area contributed by atoms with Crippen LogP contribution in [0, 0.1) is 5.92 Å². The molecule has 0 unspecified atom stereocenters. The highest BCUT2D eigenvalue weighted by Crippen LogP contribution is 2.02. The van der Waals surface area contributed by atoms with Crippen molar-refractivity contribution in [3.8, 4) is 0 Å². The first-order valence-electron chi connectivity index (χ1n) is 6.62. The van der Waals surface area contributed by atoms with Crippen molar-refractivity contribution >= 4 is 5.82 Å². The zero-order valence-electron chi connectivity index (χ0n) is 11.8. The minimum Gasteiger partial charge on any atom is -0.383 e. The number of hydrogen-bond donors (Lipinski definition) is 1. The van der Waals surface area contributed by atoms with Gasteiger partial charge in [-0.05, 0) is 24.9 Å². The molecule has 0 atom stereocenters. The quantitative estimate of drug-likeness (QED) is 0.725. The van der Waals surface area contributed by atoms with Gasteiger partial charge in [0.25, 0.3) is 0 Å². The van der Waals surface area contributed by atoms with Crippen LogP contribution in [0.25, 0.3) is 0 Å². The van der Waals surface area contributed by atoms with E-state index in [4.69, 9.17) is 10.5 Å². The smallest absolute Gasteiger partial charge is 0.145 e. The zero-order valence-corrected chi connectivity index (χ0v) is 11.8. The maximum Gasteiger partial charge on any atom is 0.145 e. The summed E-state index contributed by atoms with van der Waals surface area (Å²) in [5.74, 6) is 1.27. The summed E-state index contributed by atoms with van der Waals surface area (Å²) in [6, 6.07) is 1.83. The molecule has 104 valence electrons. The minimum absolute atomic E-state index is 0.591. The summed E-state index contributed by atoms with van der Waals surface area (Å²) in [6.07, 6.45) is 3.01. The van der Waals surface area contributed by atoms with E-state index in [2.05, 4.69) is 23.8 Å². The van der Waals surface area contributed by atoms with E-state index in [1.165, 1.54) is 0 Å². The van der Waals surface area contributed by atoms with Gasteiger partial charge in [0.2, 0.25) is 0 Å². The normalized spacial score (nSPS) is 11.6. The molecule has 0 aliphatic heterocycles. The Kier molecular flexibility index (Phi) is 6.75. The summed E-state index contributed by atoms with van der Waals surface area (Å²) in [7, 11) is 1.75. The van der Waals surface area contributed by atoms with Crippen molar-refractivity contribution in [2.24, 2.45) is 5.92 Å². The average molecular weight is 254 g/mol. The second-order valence-corrected chi connectivity index (χ2v) is 5.04. The number of nitrogens with two attached hydrogens (primary N) is 1. The van der Waals surface area contributed by atoms with Crippen LogP contribution in [0.3, 0.4) is 0 Å². The second-order valence-electron chi connectivity index (χ2n) is 5.04. The predicted molar refractivity (Wildman–Crippen MR) is 74.4 cm³/mol. The Balaban J connectivity index is 2.27. The summed E-state index contributed by atoms with van der Waals surface area (Å²) >= 11 is 0. The lowest BCUT2D eigenvalue weighted by molar-refractivity contribution is 0.138. The van der Waals surface area contributed by atoms with Crippen LogP contribution in [0.1, 0.15) is 20.3 Å². The second kappa shape index (κ2) is 8.11. The van der Waals surface area contributed by atoms with Crippen LogP contribution in [0.4, 0.5) is 5.82 Å². The van der Waals surface area contributed by atoms with Crippen molar-refractivity contribution in [3.63, 3.8) is 0 Å². The molecule has 2 N–H and O–H groups in total. The van der Waals surface area contributed by atoms with Crippen molar-refractivity contribution in [3.05, 3.63) is 12.3 Å². The highest BCUT2D eigenvalue weighted by molar-refractivity contribution is 5.23. The molecule has 0 aliphatic rings. The van der Waals surface area contributed by atoms with Gasteiger partial charge in [-0.25, -0.2) is 0 Å². The molecule has 0 bridgehead atoms. The van der Waals surface area contributed by atoms with Gasteiger partial charge >= 0.3 is 0 Å². The Morgan fingerprint density at radius 1 is 1.44 bits per heavy atom. The van der Waals surface area contributed by atoms with E-state index in [1.807, 2.05) is 16.9 Å². The van der Waals surface area contributed by atoms with E-state index in [0.717, 1.165) is 39.2 Å². The number of aromatic nitrogens is 2. The SMILES string of the molecule is COCCN(CCCn1ccc(N)n1)CC(C)C. The molecule has 1 heterocycles. The molecule has 0 saturated heterocycles. The van der Waals surface area contributed by atoms with Crippen LogP contribution in [0.2, 0.25) is 0 Å². The number of aryl methyl sites for hydroxylation is 1. The maximum atomic E-state index is 5.58. The Morgan fingerprint density at radius 3 is 2.78 bits per heavy atom. The predicted octanol–water partition coefficient (Wildman–Crippen LogP) is 1.46. The van der Waals surface area contributed by atoms with E-state index in [-0.39, 0.29) is 0 Å². The summed E-state index contributed by atoms with van der Waals surface area (Å²) in [5.41, 5.74) is 5.58. The first kappa shape index (κ1) is 15.0. The van der Waals surface area contributed by atoms with Crippen LogP contribution in [-0.2, 0) is 11.3 Å². The fraction of sp³-hybridized carbons (Fsp3) is 0.769. The summed E-state index contributed by atoms with van der Waals surface area (Å²) in [5, 5.41) is 4.18. The Morgan fingerprint density at radius 2 is 2.22 bits per heavy atom. The third-order valence-corrected chi connectivity index (χ3v) is 2.76. The van der Waals surface area contributed by atoms with Crippen molar-refractivity contribution in [2.75, 3.05) is 39.1 Å². The van der Waals surface area contributed by atoms with E-state index in [0.29, 0.717) is 11.7 Å². The Hall–Kier alpha value is -1.07. The Bertz CT molecular complexity index is 325. The maximum absolute atomic E-state index is 5.58. The molecular formula is C13H26N4O. The number of hydrogen-bond acceptors (Lipinski definition) is 4. The third kappa shape index (κ3) is 6.02. The van der Waals surface area contributed by atoms with Crippen molar-refractivity contribution in [1.82, 2.24) is 14.7 Å². The summed E-state index contributed by atoms with van der Waals surface area (Å²) in [6.45, 7) is 9.38. The van der Waals surface area contributed by atoms with Gasteiger partial charge in [-0.1, -0.05) is 13.8 Å². The number of nitrogen functional groups attached to an aromatic ring is 1. The van der Waals surface area contributed by atoms with E-state index >= 15 is 0 Å². The molecule has 0 aromatic carbocycles. The lowest BCUT2D eigenvalue weighted by atomic mass is 10.2. The van der Waals surface area contributed by atoms with E-state index in [9.17, 15) is 0 Å². The lowest BCUT2D eigenvalue weighted by Crippen LogP contribution is -2.32. The zero-order chi connectivity index (χ0) is 13.4. The highest BCUT2D eigenvalue weighted by Gasteiger charge is 2.07. The number of anilines is 1. The molecule has 18 heavy (non-hydrogen) atoms. The molecule has 5 nitrogen and oxygen atoms in total. The Labute approximate surface area is 110 Å². The first-order chi connectivity index (χ1) is 8.61. The van der Waals surface area contributed by atoms with Gasteiger partial charge in [0, 0.05) is 32.9 Å². The van der Waals surface area contributed by atoms with Gasteiger partial charge in [-0.15, -0.1) is 0 Å². The molecule has 0 fully saturated rings. The van der Waals surface area contributed by atoms with Crippen LogP contribution in [0.5, 0.6) is 0 Å². The van der Waals surface area contributed by atoms with Gasteiger partial charge in [0.1, 0.15) is 5.82 Å². The molecule has 1 rings (SSSR count). The van der Waals surface area contributed by atoms with Gasteiger partial charge in [-0.2, -0.15) is 5.10 Å². The average Bonchev–Trinajstić information content (AvgIpc) is 2.71. The van der Waals surface area contributed by atoms with Crippen molar-refractivity contribution in [2.45, 2.75) is 26.8 Å². The van der Waals surface area contributed by atoms with E-state index < -0.39 is 0 Å². The van der Waals surface area contributed by atoms with Gasteiger partial charge in [-0.3, -0.25) is 4.68 Å². The highest BCUT2D eigenvalue weighted by atomic mass is 16.5. The van der Waals surface area contributed by atoms with Crippen molar-refractivity contribution < 1.29 is 4.74 Å². The third-order valence-electron chi connectivity index (χ3n) is 2.76. The monoisotopic (exact) mass is 254 g/mol. The van der Waals surface area contributed by atoms with Crippen LogP contribution >= 0.6 is 0 Å². The number of nitrogens with zero attached hydrogens (tertiary/aromatic N) is 3. The molecule has 0 saturated carbocycles. The first-order valence-corrected chi connectivity index (χ1v) is 6.62. The summed E-state index contributed by atoms with van der Waals surface area (Å²) < 4.78 is 7.05. The molecule has 1 aromatic heterocycles. The fourth-order valence-corrected chi connectivity index (χ4v) is 1.99. The molecule has 0 spiro atoms. The van der Waals surface area contributed by atoms with Gasteiger partial charge < -0.3 is 15.4 Å². The van der Waals surface area contributed by atoms with Gasteiger partial charge in [0.05, 0.1) is 6.61 Å². The van der Waals surface area contributed by atoms with Gasteiger partial charge in [0.15, 0.2) is 0 Å². The van der Waals surface area contributed by atoms with E-state index in [1.54, 1.807) is 7.11 Å². The standard InChI is InChI=1S/C13H26N4O/c1-12(2)11-16(9-10-18-3)6-4-7-17-8-5-13(14)15-17/h5,8,12H,4,6-7,9-11H2,1-3H3,(H2,14,15). The number of methoxy groups -OCH3 is 1. The van der Waals surface area contributed by atoms with Crippen molar-refractivity contribution in [1.29, 1.82) is 0 Å². The number of rotatable bonds is 9. The lowest BCUT2D eigenvalue weighted by Gasteiger charge is -2.23. The molecule has 0 aliphatic carbocycles. The van der Waals surface area contributed by atoms with Crippen LogP contribution < -0.4 is 5.73 Å². The molecule has 5 heteroatoms. The van der Waals surface area contributed by atoms with Crippen LogP contribution in [0.15, 0.2) is 12.3 Å². The molecular weight excluding hydrogens is 228 g/mol. The molecule has 1 aromatic rings. The largest absolute Gasteiger partial charge is 0.383 e. The van der Waals surface area contributed by atoms with Crippen LogP contribution in [-0.4, -0.2) is 48.0 Å².